The van der Waals surface area contributed by atoms with Gasteiger partial charge in [-0.3, -0.25) is 9.59 Å². The topological polar surface area (TPSA) is 75.4 Å². The Hall–Kier alpha value is -1.85. The minimum Gasteiger partial charge on any atom is -0.360 e. The first-order valence-electron chi connectivity index (χ1n) is 7.07. The van der Waals surface area contributed by atoms with Gasteiger partial charge in [-0.2, -0.15) is 0 Å². The van der Waals surface area contributed by atoms with Crippen molar-refractivity contribution in [1.29, 1.82) is 0 Å². The Morgan fingerprint density at radius 2 is 2.10 bits per heavy atom. The average Bonchev–Trinajstić information content (AvgIpc) is 2.80. The standard InChI is InChI=1S/C14H23N3O3/c1-4-6-8-17(14(19)7-5-2)10-13(18)15-12-9-11(3)20-16-12/h9H,4-8,10H2,1-3H3,(H,15,16,18). The van der Waals surface area contributed by atoms with Gasteiger partial charge in [0.25, 0.3) is 0 Å². The van der Waals surface area contributed by atoms with Gasteiger partial charge in [-0.1, -0.05) is 25.4 Å². The highest BCUT2D eigenvalue weighted by Crippen LogP contribution is 2.07. The molecule has 6 heteroatoms. The van der Waals surface area contributed by atoms with Crippen LogP contribution in [-0.2, 0) is 9.59 Å². The van der Waals surface area contributed by atoms with Crippen LogP contribution in [0.4, 0.5) is 5.82 Å². The second-order valence-electron chi connectivity index (χ2n) is 4.79. The Bertz CT molecular complexity index is 443. The van der Waals surface area contributed by atoms with E-state index >= 15 is 0 Å². The van der Waals surface area contributed by atoms with Gasteiger partial charge in [0.1, 0.15) is 5.76 Å². The Morgan fingerprint density at radius 1 is 1.35 bits per heavy atom. The number of amides is 2. The molecule has 1 N–H and O–H groups in total. The number of hydrogen-bond acceptors (Lipinski definition) is 4. The molecule has 6 nitrogen and oxygen atoms in total. The SMILES string of the molecule is CCCCN(CC(=O)Nc1cc(C)on1)C(=O)CCC. The molecule has 0 unspecified atom stereocenters. The maximum absolute atomic E-state index is 12.0. The summed E-state index contributed by atoms with van der Waals surface area (Å²) >= 11 is 0. The Labute approximate surface area is 119 Å². The normalized spacial score (nSPS) is 10.3. The highest BCUT2D eigenvalue weighted by molar-refractivity contribution is 5.93. The van der Waals surface area contributed by atoms with E-state index in [0.717, 1.165) is 19.3 Å². The highest BCUT2D eigenvalue weighted by Gasteiger charge is 2.16. The third-order valence-corrected chi connectivity index (χ3v) is 2.83. The molecule has 0 saturated heterocycles. The van der Waals surface area contributed by atoms with Crippen molar-refractivity contribution in [3.05, 3.63) is 11.8 Å². The number of unbranched alkanes of at least 4 members (excludes halogenated alkanes) is 1. The van der Waals surface area contributed by atoms with Crippen molar-refractivity contribution in [2.24, 2.45) is 0 Å². The molecule has 0 aliphatic rings. The molecular formula is C14H23N3O3. The molecule has 1 aromatic heterocycles. The Kier molecular flexibility index (Phi) is 6.76. The van der Waals surface area contributed by atoms with Crippen LogP contribution in [-0.4, -0.2) is 35.0 Å². The minimum absolute atomic E-state index is 0.0208. The predicted molar refractivity (Wildman–Crippen MR) is 76.3 cm³/mol. The number of nitrogens with zero attached hydrogens (tertiary/aromatic N) is 2. The van der Waals surface area contributed by atoms with E-state index in [9.17, 15) is 9.59 Å². The van der Waals surface area contributed by atoms with E-state index in [1.165, 1.54) is 0 Å². The summed E-state index contributed by atoms with van der Waals surface area (Å²) in [7, 11) is 0. The first-order chi connectivity index (χ1) is 9.56. The molecule has 1 aromatic rings. The zero-order valence-electron chi connectivity index (χ0n) is 12.4. The van der Waals surface area contributed by atoms with Gasteiger partial charge in [0.05, 0.1) is 6.54 Å². The summed E-state index contributed by atoms with van der Waals surface area (Å²) in [4.78, 5) is 25.5. The molecule has 0 saturated carbocycles. The summed E-state index contributed by atoms with van der Waals surface area (Å²) in [5, 5.41) is 6.32. The molecule has 0 aliphatic heterocycles. The van der Waals surface area contributed by atoms with E-state index < -0.39 is 0 Å². The lowest BCUT2D eigenvalue weighted by Gasteiger charge is -2.21. The third-order valence-electron chi connectivity index (χ3n) is 2.83. The monoisotopic (exact) mass is 281 g/mol. The minimum atomic E-state index is -0.251. The van der Waals surface area contributed by atoms with Gasteiger partial charge in [-0.05, 0) is 19.8 Å². The van der Waals surface area contributed by atoms with Crippen LogP contribution < -0.4 is 5.32 Å². The van der Waals surface area contributed by atoms with Crippen molar-refractivity contribution < 1.29 is 14.1 Å². The molecule has 0 aromatic carbocycles. The largest absolute Gasteiger partial charge is 0.360 e. The Morgan fingerprint density at radius 3 is 2.65 bits per heavy atom. The first-order valence-corrected chi connectivity index (χ1v) is 7.07. The molecule has 1 heterocycles. The van der Waals surface area contributed by atoms with E-state index in [1.807, 2.05) is 6.92 Å². The van der Waals surface area contributed by atoms with Crippen LogP contribution in [0.25, 0.3) is 0 Å². The van der Waals surface area contributed by atoms with Crippen LogP contribution in [0.5, 0.6) is 0 Å². The summed E-state index contributed by atoms with van der Waals surface area (Å²) in [5.74, 6) is 0.780. The van der Waals surface area contributed by atoms with Crippen molar-refractivity contribution in [2.75, 3.05) is 18.4 Å². The second kappa shape index (κ2) is 8.35. The number of hydrogen-bond donors (Lipinski definition) is 1. The number of nitrogens with one attached hydrogen (secondary N) is 1. The van der Waals surface area contributed by atoms with Crippen LogP contribution in [0.1, 0.15) is 45.3 Å². The van der Waals surface area contributed by atoms with Crippen LogP contribution in [0.15, 0.2) is 10.6 Å². The molecule has 2 amide bonds. The molecule has 0 radical (unpaired) electrons. The van der Waals surface area contributed by atoms with Crippen LogP contribution in [0.3, 0.4) is 0 Å². The number of carbonyl (C=O) groups excluding carboxylic acids is 2. The van der Waals surface area contributed by atoms with Crippen LogP contribution in [0, 0.1) is 6.92 Å². The maximum Gasteiger partial charge on any atom is 0.245 e. The van der Waals surface area contributed by atoms with E-state index in [4.69, 9.17) is 4.52 Å². The number of aryl methyl sites for hydroxylation is 1. The summed E-state index contributed by atoms with van der Waals surface area (Å²) in [6.45, 7) is 6.43. The van der Waals surface area contributed by atoms with Crippen molar-refractivity contribution in [3.8, 4) is 0 Å². The van der Waals surface area contributed by atoms with Crippen molar-refractivity contribution in [2.45, 2.75) is 46.5 Å². The molecule has 1 rings (SSSR count). The van der Waals surface area contributed by atoms with E-state index in [1.54, 1.807) is 17.9 Å². The third kappa shape index (κ3) is 5.42. The second-order valence-corrected chi connectivity index (χ2v) is 4.79. The quantitative estimate of drug-likeness (QED) is 0.793. The fraction of sp³-hybridized carbons (Fsp3) is 0.643. The molecular weight excluding hydrogens is 258 g/mol. The molecule has 0 bridgehead atoms. The van der Waals surface area contributed by atoms with E-state index in [-0.39, 0.29) is 18.4 Å². The molecule has 112 valence electrons. The van der Waals surface area contributed by atoms with Gasteiger partial charge >= 0.3 is 0 Å². The summed E-state index contributed by atoms with van der Waals surface area (Å²) in [5.41, 5.74) is 0. The van der Waals surface area contributed by atoms with Gasteiger partial charge in [-0.25, -0.2) is 0 Å². The fourth-order valence-corrected chi connectivity index (χ4v) is 1.79. The first kappa shape index (κ1) is 16.2. The van der Waals surface area contributed by atoms with Crippen molar-refractivity contribution in [3.63, 3.8) is 0 Å². The highest BCUT2D eigenvalue weighted by atomic mass is 16.5. The molecule has 0 spiro atoms. The number of aromatic nitrogens is 1. The zero-order chi connectivity index (χ0) is 15.0. The molecule has 0 fully saturated rings. The lowest BCUT2D eigenvalue weighted by Crippen LogP contribution is -2.38. The lowest BCUT2D eigenvalue weighted by molar-refractivity contribution is -0.134. The van der Waals surface area contributed by atoms with Gasteiger partial charge in [0.2, 0.25) is 11.8 Å². The van der Waals surface area contributed by atoms with Gasteiger partial charge in [0.15, 0.2) is 5.82 Å². The van der Waals surface area contributed by atoms with Crippen molar-refractivity contribution >= 4 is 17.6 Å². The van der Waals surface area contributed by atoms with Gasteiger partial charge < -0.3 is 14.7 Å². The summed E-state index contributed by atoms with van der Waals surface area (Å²) in [6.07, 6.45) is 3.14. The van der Waals surface area contributed by atoms with Gasteiger partial charge in [-0.15, -0.1) is 0 Å². The van der Waals surface area contributed by atoms with E-state index in [2.05, 4.69) is 17.4 Å². The number of rotatable bonds is 8. The fourth-order valence-electron chi connectivity index (χ4n) is 1.79. The van der Waals surface area contributed by atoms with Crippen LogP contribution >= 0.6 is 0 Å². The molecule has 0 aliphatic carbocycles. The maximum atomic E-state index is 12.0. The predicted octanol–water partition coefficient (Wildman–Crippen LogP) is 2.35. The average molecular weight is 281 g/mol. The Balaban J connectivity index is 2.54. The lowest BCUT2D eigenvalue weighted by atomic mass is 10.2. The smallest absolute Gasteiger partial charge is 0.245 e. The number of carbonyl (C=O) groups is 2. The van der Waals surface area contributed by atoms with Crippen LogP contribution in [0.2, 0.25) is 0 Å². The van der Waals surface area contributed by atoms with Crippen molar-refractivity contribution in [1.82, 2.24) is 10.1 Å². The summed E-state index contributed by atoms with van der Waals surface area (Å²) in [6, 6.07) is 1.64. The molecule has 20 heavy (non-hydrogen) atoms. The van der Waals surface area contributed by atoms with Gasteiger partial charge in [0, 0.05) is 19.0 Å². The zero-order valence-corrected chi connectivity index (χ0v) is 12.4. The van der Waals surface area contributed by atoms with E-state index in [0.29, 0.717) is 24.5 Å². The molecule has 0 atom stereocenters. The number of anilines is 1. The summed E-state index contributed by atoms with van der Waals surface area (Å²) < 4.78 is 4.88.